The molecule has 0 saturated carbocycles. The standard InChI is InChI=1S/C18H24N2O/c1-5-15-6-8-16(9-7-15)12-17(21)10-11-18-13(2)19-20(4)14(18)3/h6-9H,5,10-12H2,1-4H3. The molecule has 2 rings (SSSR count). The Balaban J connectivity index is 1.92. The van der Waals surface area contributed by atoms with Crippen LogP contribution in [0.3, 0.4) is 0 Å². The van der Waals surface area contributed by atoms with Gasteiger partial charge in [-0.15, -0.1) is 0 Å². The normalized spacial score (nSPS) is 10.9. The van der Waals surface area contributed by atoms with Crippen molar-refractivity contribution in [2.24, 2.45) is 7.05 Å². The Morgan fingerprint density at radius 3 is 2.29 bits per heavy atom. The van der Waals surface area contributed by atoms with Gasteiger partial charge in [-0.25, -0.2) is 0 Å². The first-order valence-corrected chi connectivity index (χ1v) is 7.59. The highest BCUT2D eigenvalue weighted by Crippen LogP contribution is 2.15. The van der Waals surface area contributed by atoms with Crippen LogP contribution in [0.5, 0.6) is 0 Å². The number of aryl methyl sites for hydroxylation is 3. The molecule has 21 heavy (non-hydrogen) atoms. The first kappa shape index (κ1) is 15.5. The van der Waals surface area contributed by atoms with Crippen LogP contribution in [0.1, 0.15) is 41.4 Å². The number of aromatic nitrogens is 2. The molecule has 0 fully saturated rings. The fourth-order valence-electron chi connectivity index (χ4n) is 2.65. The van der Waals surface area contributed by atoms with Gasteiger partial charge in [0.05, 0.1) is 5.69 Å². The molecule has 112 valence electrons. The van der Waals surface area contributed by atoms with Crippen LogP contribution in [0.15, 0.2) is 24.3 Å². The van der Waals surface area contributed by atoms with Crippen molar-refractivity contribution in [1.82, 2.24) is 9.78 Å². The molecule has 1 aromatic carbocycles. The second-order valence-electron chi connectivity index (χ2n) is 5.66. The summed E-state index contributed by atoms with van der Waals surface area (Å²) in [4.78, 5) is 12.1. The summed E-state index contributed by atoms with van der Waals surface area (Å²) in [6.45, 7) is 6.21. The van der Waals surface area contributed by atoms with E-state index in [0.717, 1.165) is 29.8 Å². The molecule has 0 N–H and O–H groups in total. The van der Waals surface area contributed by atoms with E-state index in [2.05, 4.69) is 43.2 Å². The molecule has 3 nitrogen and oxygen atoms in total. The number of rotatable bonds is 6. The summed E-state index contributed by atoms with van der Waals surface area (Å²) >= 11 is 0. The van der Waals surface area contributed by atoms with E-state index >= 15 is 0 Å². The van der Waals surface area contributed by atoms with Crippen molar-refractivity contribution in [3.63, 3.8) is 0 Å². The Hall–Kier alpha value is -1.90. The number of hydrogen-bond acceptors (Lipinski definition) is 2. The SMILES string of the molecule is CCc1ccc(CC(=O)CCc2c(C)nn(C)c2C)cc1. The van der Waals surface area contributed by atoms with Crippen LogP contribution in [0, 0.1) is 13.8 Å². The van der Waals surface area contributed by atoms with E-state index < -0.39 is 0 Å². The fourth-order valence-corrected chi connectivity index (χ4v) is 2.65. The van der Waals surface area contributed by atoms with Crippen LogP contribution in [0.4, 0.5) is 0 Å². The molecule has 0 unspecified atom stereocenters. The molecule has 0 saturated heterocycles. The molecule has 2 aromatic rings. The summed E-state index contributed by atoms with van der Waals surface area (Å²) in [5, 5.41) is 4.40. The summed E-state index contributed by atoms with van der Waals surface area (Å²) < 4.78 is 1.89. The zero-order valence-corrected chi connectivity index (χ0v) is 13.4. The molecule has 0 atom stereocenters. The Morgan fingerprint density at radius 1 is 1.14 bits per heavy atom. The first-order valence-electron chi connectivity index (χ1n) is 7.59. The highest BCUT2D eigenvalue weighted by molar-refractivity contribution is 5.81. The quantitative estimate of drug-likeness (QED) is 0.815. The number of Topliss-reactive ketones (excluding diaryl/α,β-unsaturated/α-hetero) is 1. The maximum atomic E-state index is 12.1. The predicted molar refractivity (Wildman–Crippen MR) is 85.5 cm³/mol. The molecule has 0 amide bonds. The fraction of sp³-hybridized carbons (Fsp3) is 0.444. The number of carbonyl (C=O) groups is 1. The van der Waals surface area contributed by atoms with E-state index in [-0.39, 0.29) is 0 Å². The lowest BCUT2D eigenvalue weighted by molar-refractivity contribution is -0.118. The summed E-state index contributed by atoms with van der Waals surface area (Å²) in [5.74, 6) is 0.293. The average molecular weight is 284 g/mol. The summed E-state index contributed by atoms with van der Waals surface area (Å²) in [6, 6.07) is 8.35. The molecule has 0 spiro atoms. The van der Waals surface area contributed by atoms with Crippen molar-refractivity contribution < 1.29 is 4.79 Å². The van der Waals surface area contributed by atoms with Crippen molar-refractivity contribution in [2.75, 3.05) is 0 Å². The smallest absolute Gasteiger partial charge is 0.137 e. The van der Waals surface area contributed by atoms with Crippen LogP contribution >= 0.6 is 0 Å². The van der Waals surface area contributed by atoms with Gasteiger partial charge in [0.1, 0.15) is 5.78 Å². The van der Waals surface area contributed by atoms with Gasteiger partial charge in [0.25, 0.3) is 0 Å². The highest BCUT2D eigenvalue weighted by atomic mass is 16.1. The minimum Gasteiger partial charge on any atom is -0.299 e. The van der Waals surface area contributed by atoms with Gasteiger partial charge in [-0.05, 0) is 43.4 Å². The number of carbonyl (C=O) groups excluding carboxylic acids is 1. The molecule has 0 aliphatic carbocycles. The molecule has 1 aromatic heterocycles. The van der Waals surface area contributed by atoms with Gasteiger partial charge in [0.2, 0.25) is 0 Å². The molecular weight excluding hydrogens is 260 g/mol. The number of hydrogen-bond donors (Lipinski definition) is 0. The Labute approximate surface area is 127 Å². The summed E-state index contributed by atoms with van der Waals surface area (Å²) in [7, 11) is 1.95. The average Bonchev–Trinajstić information content (AvgIpc) is 2.71. The predicted octanol–water partition coefficient (Wildman–Crippen LogP) is 3.34. The van der Waals surface area contributed by atoms with Crippen LogP contribution < -0.4 is 0 Å². The van der Waals surface area contributed by atoms with E-state index in [4.69, 9.17) is 0 Å². The zero-order chi connectivity index (χ0) is 15.4. The van der Waals surface area contributed by atoms with Crippen LogP contribution in [0.2, 0.25) is 0 Å². The summed E-state index contributed by atoms with van der Waals surface area (Å²) in [6.07, 6.45) is 2.94. The van der Waals surface area contributed by atoms with E-state index in [1.54, 1.807) is 0 Å². The van der Waals surface area contributed by atoms with Gasteiger partial charge in [-0.1, -0.05) is 31.2 Å². The molecule has 0 aliphatic heterocycles. The maximum Gasteiger partial charge on any atom is 0.137 e. The van der Waals surface area contributed by atoms with Crippen molar-refractivity contribution >= 4 is 5.78 Å². The van der Waals surface area contributed by atoms with Crippen LogP contribution in [0.25, 0.3) is 0 Å². The van der Waals surface area contributed by atoms with Crippen molar-refractivity contribution in [1.29, 1.82) is 0 Å². The van der Waals surface area contributed by atoms with Crippen molar-refractivity contribution in [2.45, 2.75) is 46.5 Å². The van der Waals surface area contributed by atoms with Gasteiger partial charge >= 0.3 is 0 Å². The Morgan fingerprint density at radius 2 is 1.76 bits per heavy atom. The van der Waals surface area contributed by atoms with Crippen LogP contribution in [-0.4, -0.2) is 15.6 Å². The number of nitrogens with zero attached hydrogens (tertiary/aromatic N) is 2. The second kappa shape index (κ2) is 6.70. The molecular formula is C18H24N2O. The lowest BCUT2D eigenvalue weighted by Gasteiger charge is -2.04. The Bertz CT molecular complexity index is 623. The second-order valence-corrected chi connectivity index (χ2v) is 5.66. The lowest BCUT2D eigenvalue weighted by atomic mass is 10.0. The molecule has 0 radical (unpaired) electrons. The number of benzene rings is 1. The third-order valence-electron chi connectivity index (χ3n) is 4.15. The molecule has 3 heteroatoms. The third kappa shape index (κ3) is 3.81. The summed E-state index contributed by atoms with van der Waals surface area (Å²) in [5.41, 5.74) is 5.83. The molecule has 1 heterocycles. The third-order valence-corrected chi connectivity index (χ3v) is 4.15. The minimum absolute atomic E-state index is 0.293. The highest BCUT2D eigenvalue weighted by Gasteiger charge is 2.11. The molecule has 0 aliphatic rings. The van der Waals surface area contributed by atoms with Gasteiger partial charge in [-0.2, -0.15) is 5.10 Å². The van der Waals surface area contributed by atoms with Gasteiger partial charge in [0, 0.05) is 25.6 Å². The Kier molecular flexibility index (Phi) is 4.94. The molecule has 0 bridgehead atoms. The van der Waals surface area contributed by atoms with Crippen LogP contribution in [-0.2, 0) is 31.1 Å². The first-order chi connectivity index (χ1) is 10.0. The maximum absolute atomic E-state index is 12.1. The van der Waals surface area contributed by atoms with E-state index in [9.17, 15) is 4.79 Å². The van der Waals surface area contributed by atoms with Crippen molar-refractivity contribution in [3.8, 4) is 0 Å². The van der Waals surface area contributed by atoms with Gasteiger partial charge in [-0.3, -0.25) is 9.48 Å². The van der Waals surface area contributed by atoms with E-state index in [0.29, 0.717) is 18.6 Å². The topological polar surface area (TPSA) is 34.9 Å². The van der Waals surface area contributed by atoms with Gasteiger partial charge < -0.3 is 0 Å². The van der Waals surface area contributed by atoms with Gasteiger partial charge in [0.15, 0.2) is 0 Å². The van der Waals surface area contributed by atoms with E-state index in [1.807, 2.05) is 18.7 Å². The largest absolute Gasteiger partial charge is 0.299 e. The monoisotopic (exact) mass is 284 g/mol. The lowest BCUT2D eigenvalue weighted by Crippen LogP contribution is -2.05. The zero-order valence-electron chi connectivity index (χ0n) is 13.4. The number of ketones is 1. The van der Waals surface area contributed by atoms with Crippen molar-refractivity contribution in [3.05, 3.63) is 52.3 Å². The van der Waals surface area contributed by atoms with E-state index in [1.165, 1.54) is 11.1 Å². The minimum atomic E-state index is 0.293.